The molecule has 0 aromatic heterocycles. The van der Waals surface area contributed by atoms with Crippen molar-refractivity contribution in [3.63, 3.8) is 0 Å². The van der Waals surface area contributed by atoms with Crippen molar-refractivity contribution in [3.05, 3.63) is 0 Å². The second-order valence-electron chi connectivity index (χ2n) is 4.93. The number of carboxylic acid groups (broad SMARTS) is 1. The van der Waals surface area contributed by atoms with Gasteiger partial charge in [-0.25, -0.2) is 4.79 Å². The molecule has 14 heteroatoms. The van der Waals surface area contributed by atoms with Gasteiger partial charge in [-0.2, -0.15) is 25.3 Å². The van der Waals surface area contributed by atoms with Crippen LogP contribution in [0.5, 0.6) is 0 Å². The van der Waals surface area contributed by atoms with E-state index in [0.29, 0.717) is 6.41 Å². The predicted octanol–water partition coefficient (Wildman–Crippen LogP) is -4.12. The molecule has 5 amide bonds. The first-order chi connectivity index (χ1) is 12.7. The molecule has 0 heterocycles. The molecule has 2 unspecified atom stereocenters. The third-order valence-electron chi connectivity index (χ3n) is 2.90. The maximum Gasteiger partial charge on any atom is 0.327 e. The monoisotopic (exact) mass is 423 g/mol. The van der Waals surface area contributed by atoms with E-state index in [1.807, 2.05) is 0 Å². The van der Waals surface area contributed by atoms with Gasteiger partial charge in [0.1, 0.15) is 12.1 Å². The van der Waals surface area contributed by atoms with Crippen LogP contribution >= 0.6 is 25.3 Å². The minimum Gasteiger partial charge on any atom is -0.480 e. The summed E-state index contributed by atoms with van der Waals surface area (Å²) in [5.41, 5.74) is 0. The van der Waals surface area contributed by atoms with E-state index >= 15 is 0 Å². The SMILES string of the molecule is O=CNC(CS)C(=O)NCC(=O)NCC(=O)NCC(=O)NC(CS)C(=O)O. The summed E-state index contributed by atoms with van der Waals surface area (Å²) in [5.74, 6) is -4.07. The zero-order chi connectivity index (χ0) is 20.8. The number of carbonyl (C=O) groups is 6. The van der Waals surface area contributed by atoms with Crippen molar-refractivity contribution < 1.29 is 33.9 Å². The molecule has 0 spiro atoms. The number of amides is 5. The van der Waals surface area contributed by atoms with Gasteiger partial charge in [0.2, 0.25) is 30.0 Å². The summed E-state index contributed by atoms with van der Waals surface area (Å²) in [6, 6.07) is -2.08. The molecule has 0 fully saturated rings. The average molecular weight is 423 g/mol. The first-order valence-corrected chi connectivity index (χ1v) is 8.76. The van der Waals surface area contributed by atoms with Gasteiger partial charge in [0.05, 0.1) is 19.6 Å². The third kappa shape index (κ3) is 11.0. The molecule has 12 nitrogen and oxygen atoms in total. The Labute approximate surface area is 165 Å². The fraction of sp³-hybridized carbons (Fsp3) is 0.538. The van der Waals surface area contributed by atoms with Crippen molar-refractivity contribution in [2.45, 2.75) is 12.1 Å². The summed E-state index contributed by atoms with van der Waals surface area (Å²) in [6.45, 7) is -1.37. The number of hydrogen-bond donors (Lipinski definition) is 8. The summed E-state index contributed by atoms with van der Waals surface area (Å²) in [6.07, 6.45) is 0.329. The Balaban J connectivity index is 4.08. The van der Waals surface area contributed by atoms with Gasteiger partial charge < -0.3 is 31.7 Å². The lowest BCUT2D eigenvalue weighted by atomic mass is 10.3. The zero-order valence-corrected chi connectivity index (χ0v) is 15.8. The van der Waals surface area contributed by atoms with Crippen LogP contribution in [0.2, 0.25) is 0 Å². The normalized spacial score (nSPS) is 12.1. The highest BCUT2D eigenvalue weighted by Crippen LogP contribution is 1.88. The second kappa shape index (κ2) is 13.7. The molecule has 0 saturated heterocycles. The molecule has 0 aliphatic rings. The van der Waals surface area contributed by atoms with Crippen LogP contribution in [-0.2, 0) is 28.8 Å². The average Bonchev–Trinajstić information content (AvgIpc) is 2.64. The lowest BCUT2D eigenvalue weighted by Crippen LogP contribution is -2.49. The van der Waals surface area contributed by atoms with Gasteiger partial charge >= 0.3 is 5.97 Å². The van der Waals surface area contributed by atoms with Crippen LogP contribution in [0.15, 0.2) is 0 Å². The Morgan fingerprint density at radius 2 is 1.30 bits per heavy atom. The van der Waals surface area contributed by atoms with Crippen molar-refractivity contribution in [2.75, 3.05) is 31.1 Å². The fourth-order valence-electron chi connectivity index (χ4n) is 1.50. The van der Waals surface area contributed by atoms with Crippen LogP contribution in [0.1, 0.15) is 0 Å². The lowest BCUT2D eigenvalue weighted by Gasteiger charge is -2.13. The highest BCUT2D eigenvalue weighted by atomic mass is 32.1. The Morgan fingerprint density at radius 1 is 0.815 bits per heavy atom. The molecule has 0 aromatic carbocycles. The first-order valence-electron chi connectivity index (χ1n) is 7.49. The second-order valence-corrected chi connectivity index (χ2v) is 5.66. The largest absolute Gasteiger partial charge is 0.480 e. The number of aliphatic carboxylic acids is 1. The van der Waals surface area contributed by atoms with Crippen LogP contribution < -0.4 is 26.6 Å². The van der Waals surface area contributed by atoms with E-state index < -0.39 is 61.3 Å². The highest BCUT2D eigenvalue weighted by molar-refractivity contribution is 7.80. The van der Waals surface area contributed by atoms with Gasteiger partial charge in [-0.15, -0.1) is 0 Å². The number of nitrogens with one attached hydrogen (secondary N) is 5. The molecular formula is C13H21N5O7S2. The van der Waals surface area contributed by atoms with Gasteiger partial charge in [-0.1, -0.05) is 0 Å². The quantitative estimate of drug-likeness (QED) is 0.109. The molecule has 0 aromatic rings. The summed E-state index contributed by atoms with van der Waals surface area (Å²) < 4.78 is 0. The molecule has 2 atom stereocenters. The van der Waals surface area contributed by atoms with Crippen LogP contribution in [-0.4, -0.2) is 84.3 Å². The van der Waals surface area contributed by atoms with Crippen molar-refractivity contribution >= 4 is 61.3 Å². The number of carboxylic acids is 1. The minimum atomic E-state index is -1.26. The Hall–Kier alpha value is -2.48. The van der Waals surface area contributed by atoms with E-state index in [-0.39, 0.29) is 11.5 Å². The minimum absolute atomic E-state index is 0.0343. The van der Waals surface area contributed by atoms with E-state index in [2.05, 4.69) is 51.8 Å². The van der Waals surface area contributed by atoms with Gasteiger partial charge in [0, 0.05) is 11.5 Å². The lowest BCUT2D eigenvalue weighted by molar-refractivity contribution is -0.141. The summed E-state index contributed by atoms with van der Waals surface area (Å²) >= 11 is 7.65. The molecule has 152 valence electrons. The summed E-state index contributed by atoms with van der Waals surface area (Å²) in [4.78, 5) is 67.2. The molecule has 0 saturated carbocycles. The van der Waals surface area contributed by atoms with Crippen LogP contribution in [0.3, 0.4) is 0 Å². The van der Waals surface area contributed by atoms with E-state index in [1.165, 1.54) is 0 Å². The van der Waals surface area contributed by atoms with Crippen molar-refractivity contribution in [2.24, 2.45) is 0 Å². The Morgan fingerprint density at radius 3 is 1.74 bits per heavy atom. The number of carbonyl (C=O) groups excluding carboxylic acids is 5. The molecule has 6 N–H and O–H groups in total. The Bertz CT molecular complexity index is 575. The molecule has 0 aliphatic heterocycles. The standard InChI is InChI=1S/C13H21N5O7S2/c19-6-17-7(4-26)12(23)16-2-10(21)14-1-9(20)15-3-11(22)18-8(5-27)13(24)25/h6-8,26-27H,1-5H2,(H,14,21)(H,15,20)(H,16,23)(H,17,19)(H,18,22)(H,24,25). The summed E-state index contributed by atoms with van der Waals surface area (Å²) in [5, 5.41) is 19.8. The predicted molar refractivity (Wildman–Crippen MR) is 99.3 cm³/mol. The van der Waals surface area contributed by atoms with Gasteiger partial charge in [0.25, 0.3) is 0 Å². The first kappa shape index (κ1) is 24.5. The van der Waals surface area contributed by atoms with Gasteiger partial charge in [-0.3, -0.25) is 24.0 Å². The summed E-state index contributed by atoms with van der Waals surface area (Å²) in [7, 11) is 0. The van der Waals surface area contributed by atoms with Gasteiger partial charge in [0.15, 0.2) is 0 Å². The van der Waals surface area contributed by atoms with Crippen molar-refractivity contribution in [1.82, 2.24) is 26.6 Å². The molecular weight excluding hydrogens is 402 g/mol. The smallest absolute Gasteiger partial charge is 0.327 e. The van der Waals surface area contributed by atoms with E-state index in [4.69, 9.17) is 5.11 Å². The molecule has 0 rings (SSSR count). The van der Waals surface area contributed by atoms with Gasteiger partial charge in [-0.05, 0) is 0 Å². The third-order valence-corrected chi connectivity index (χ3v) is 3.63. The van der Waals surface area contributed by atoms with Crippen molar-refractivity contribution in [3.8, 4) is 0 Å². The number of thiol groups is 2. The van der Waals surface area contributed by atoms with E-state index in [1.54, 1.807) is 0 Å². The molecule has 0 aliphatic carbocycles. The maximum atomic E-state index is 11.6. The molecule has 27 heavy (non-hydrogen) atoms. The van der Waals surface area contributed by atoms with E-state index in [9.17, 15) is 28.8 Å². The number of hydrogen-bond acceptors (Lipinski definition) is 8. The topological polar surface area (TPSA) is 183 Å². The maximum absolute atomic E-state index is 11.6. The molecule has 0 bridgehead atoms. The van der Waals surface area contributed by atoms with Crippen LogP contribution in [0.4, 0.5) is 0 Å². The molecule has 0 radical (unpaired) electrons. The van der Waals surface area contributed by atoms with Crippen molar-refractivity contribution in [1.29, 1.82) is 0 Å². The van der Waals surface area contributed by atoms with Crippen LogP contribution in [0.25, 0.3) is 0 Å². The fourth-order valence-corrected chi connectivity index (χ4v) is 2.02. The van der Waals surface area contributed by atoms with Crippen LogP contribution in [0, 0.1) is 0 Å². The van der Waals surface area contributed by atoms with E-state index in [0.717, 1.165) is 0 Å². The highest BCUT2D eigenvalue weighted by Gasteiger charge is 2.19. The zero-order valence-electron chi connectivity index (χ0n) is 14.1. The number of rotatable bonds is 13. The Kier molecular flexibility index (Phi) is 12.4.